The standard InChI is InChI=1S/C22H23NO6S.C6H14N4O2/c1-28-21(22(24)25)12-15-4-8-19(9-5-15)23-14-16-3-6-18-13-20(29-30(2,26)27)10-7-17(18)11-16;7-4(5(11)12)2-1-3-10-6(8)9/h3-11,13,21,23H,12,14H2,1-2H3,(H,24,25);4H,1-3,7H2,(H,11,12)(H4,8,9,10)/t21-;/m0./s1. The van der Waals surface area contributed by atoms with Crippen molar-refractivity contribution in [3.8, 4) is 5.75 Å². The van der Waals surface area contributed by atoms with E-state index >= 15 is 0 Å². The summed E-state index contributed by atoms with van der Waals surface area (Å²) in [5.74, 6) is -1.68. The summed E-state index contributed by atoms with van der Waals surface area (Å²) in [4.78, 5) is 25.0. The molecule has 0 radical (unpaired) electrons. The molecule has 228 valence electrons. The van der Waals surface area contributed by atoms with Gasteiger partial charge in [0, 0.05) is 32.3 Å². The number of rotatable bonds is 14. The van der Waals surface area contributed by atoms with E-state index in [-0.39, 0.29) is 11.7 Å². The Hall–Kier alpha value is -4.40. The Morgan fingerprint density at radius 1 is 0.952 bits per heavy atom. The second-order valence-electron chi connectivity index (χ2n) is 9.34. The van der Waals surface area contributed by atoms with E-state index < -0.39 is 34.2 Å². The highest BCUT2D eigenvalue weighted by atomic mass is 32.2. The van der Waals surface area contributed by atoms with Crippen molar-refractivity contribution in [2.45, 2.75) is 38.0 Å². The molecule has 0 aliphatic carbocycles. The van der Waals surface area contributed by atoms with Gasteiger partial charge in [-0.05, 0) is 65.1 Å². The first kappa shape index (κ1) is 33.8. The monoisotopic (exact) mass is 603 g/mol. The van der Waals surface area contributed by atoms with E-state index in [0.29, 0.717) is 32.4 Å². The SMILES string of the molecule is CO[C@@H](Cc1ccc(NCc2ccc3cc(OS(C)(=O)=O)ccc3c2)cc1)C(=O)O.NC(N)=NCCCC(N)C(=O)O. The van der Waals surface area contributed by atoms with Gasteiger partial charge in [0.25, 0.3) is 0 Å². The Bertz CT molecular complexity index is 1480. The van der Waals surface area contributed by atoms with Gasteiger partial charge in [-0.1, -0.05) is 30.3 Å². The molecule has 0 heterocycles. The van der Waals surface area contributed by atoms with E-state index in [9.17, 15) is 18.0 Å². The summed E-state index contributed by atoms with van der Waals surface area (Å²) < 4.78 is 32.4. The number of carboxylic acids is 2. The van der Waals surface area contributed by atoms with Crippen LogP contribution in [0.25, 0.3) is 10.8 Å². The topological polar surface area (TPSA) is 230 Å². The lowest BCUT2D eigenvalue weighted by molar-refractivity contribution is -0.148. The molecule has 9 N–H and O–H groups in total. The van der Waals surface area contributed by atoms with Gasteiger partial charge in [-0.3, -0.25) is 9.79 Å². The second kappa shape index (κ2) is 16.1. The highest BCUT2D eigenvalue weighted by Gasteiger charge is 2.16. The molecule has 0 aliphatic heterocycles. The van der Waals surface area contributed by atoms with E-state index in [2.05, 4.69) is 10.3 Å². The predicted octanol–water partition coefficient (Wildman–Crippen LogP) is 1.88. The lowest BCUT2D eigenvalue weighted by atomic mass is 10.1. The van der Waals surface area contributed by atoms with Gasteiger partial charge in [-0.15, -0.1) is 0 Å². The molecule has 0 saturated carbocycles. The van der Waals surface area contributed by atoms with Gasteiger partial charge in [0.2, 0.25) is 0 Å². The smallest absolute Gasteiger partial charge is 0.333 e. The van der Waals surface area contributed by atoms with Crippen LogP contribution in [-0.4, -0.2) is 68.6 Å². The third kappa shape index (κ3) is 12.4. The van der Waals surface area contributed by atoms with Crippen LogP contribution in [0.15, 0.2) is 65.7 Å². The fourth-order valence-electron chi connectivity index (χ4n) is 3.70. The number of nitrogens with zero attached hydrogens (tertiary/aromatic N) is 1. The molecule has 1 unspecified atom stereocenters. The number of fused-ring (bicyclic) bond motifs is 1. The molecule has 3 aromatic carbocycles. The maximum atomic E-state index is 11.3. The van der Waals surface area contributed by atoms with Gasteiger partial charge in [-0.2, -0.15) is 8.42 Å². The predicted molar refractivity (Wildman–Crippen MR) is 161 cm³/mol. The van der Waals surface area contributed by atoms with Gasteiger partial charge in [0.05, 0.1) is 6.26 Å². The molecule has 3 aromatic rings. The number of anilines is 1. The average molecular weight is 604 g/mol. The third-order valence-electron chi connectivity index (χ3n) is 5.84. The molecule has 0 fully saturated rings. The van der Waals surface area contributed by atoms with Crippen molar-refractivity contribution < 1.29 is 37.1 Å². The number of ether oxygens (including phenoxy) is 1. The van der Waals surface area contributed by atoms with E-state index in [1.54, 1.807) is 12.1 Å². The largest absolute Gasteiger partial charge is 0.480 e. The number of aliphatic imine (C=N–C) groups is 1. The summed E-state index contributed by atoms with van der Waals surface area (Å²) in [6, 6.07) is 17.8. The lowest BCUT2D eigenvalue weighted by Gasteiger charge is -2.12. The third-order valence-corrected chi connectivity index (χ3v) is 6.34. The molecule has 0 amide bonds. The van der Waals surface area contributed by atoms with E-state index in [4.69, 9.17) is 36.3 Å². The number of hydrogen-bond acceptors (Lipinski definition) is 9. The zero-order chi connectivity index (χ0) is 31.3. The van der Waals surface area contributed by atoms with Crippen LogP contribution >= 0.6 is 0 Å². The van der Waals surface area contributed by atoms with Gasteiger partial charge in [0.15, 0.2) is 12.1 Å². The quantitative estimate of drug-likeness (QED) is 0.0671. The molecule has 2 atom stereocenters. The number of benzene rings is 3. The first-order valence-electron chi connectivity index (χ1n) is 12.8. The van der Waals surface area contributed by atoms with Gasteiger partial charge < -0.3 is 41.7 Å². The van der Waals surface area contributed by atoms with Crippen molar-refractivity contribution in [3.63, 3.8) is 0 Å². The Kier molecular flexibility index (Phi) is 13.0. The molecule has 42 heavy (non-hydrogen) atoms. The Labute approximate surface area is 244 Å². The van der Waals surface area contributed by atoms with Crippen molar-refractivity contribution in [2.24, 2.45) is 22.2 Å². The number of guanidine groups is 1. The lowest BCUT2D eigenvalue weighted by Crippen LogP contribution is -2.30. The normalized spacial score (nSPS) is 12.4. The van der Waals surface area contributed by atoms with Crippen LogP contribution in [0, 0.1) is 0 Å². The number of carbonyl (C=O) groups is 2. The Morgan fingerprint density at radius 3 is 2.14 bits per heavy atom. The zero-order valence-electron chi connectivity index (χ0n) is 23.4. The second-order valence-corrected chi connectivity index (χ2v) is 10.9. The van der Waals surface area contributed by atoms with E-state index in [0.717, 1.165) is 33.8 Å². The van der Waals surface area contributed by atoms with Crippen LogP contribution in [0.2, 0.25) is 0 Å². The number of hydrogen-bond donors (Lipinski definition) is 6. The molecule has 0 spiro atoms. The van der Waals surface area contributed by atoms with Crippen LogP contribution in [0.4, 0.5) is 5.69 Å². The molecule has 14 heteroatoms. The minimum absolute atomic E-state index is 0.0129. The summed E-state index contributed by atoms with van der Waals surface area (Å²) >= 11 is 0. The summed E-state index contributed by atoms with van der Waals surface area (Å²) in [6.07, 6.45) is 1.42. The fraction of sp³-hybridized carbons (Fsp3) is 0.321. The van der Waals surface area contributed by atoms with Crippen LogP contribution < -0.4 is 26.7 Å². The minimum Gasteiger partial charge on any atom is -0.480 e. The van der Waals surface area contributed by atoms with Gasteiger partial charge in [0.1, 0.15) is 11.8 Å². The number of nitrogens with two attached hydrogens (primary N) is 3. The summed E-state index contributed by atoms with van der Waals surface area (Å²) in [5, 5.41) is 22.6. The van der Waals surface area contributed by atoms with Crippen molar-refractivity contribution in [1.29, 1.82) is 0 Å². The number of methoxy groups -OCH3 is 1. The van der Waals surface area contributed by atoms with E-state index in [1.165, 1.54) is 7.11 Å². The first-order valence-corrected chi connectivity index (χ1v) is 14.6. The summed E-state index contributed by atoms with van der Waals surface area (Å²) in [7, 11) is -2.17. The van der Waals surface area contributed by atoms with Crippen LogP contribution in [-0.2, 0) is 37.4 Å². The molecule has 0 bridgehead atoms. The summed E-state index contributed by atoms with van der Waals surface area (Å²) in [5.41, 5.74) is 18.2. The molecule has 0 saturated heterocycles. The van der Waals surface area contributed by atoms with Crippen LogP contribution in [0.5, 0.6) is 5.75 Å². The Balaban J connectivity index is 0.000000435. The highest BCUT2D eigenvalue weighted by Crippen LogP contribution is 2.23. The van der Waals surface area contributed by atoms with Crippen LogP contribution in [0.3, 0.4) is 0 Å². The number of carboxylic acid groups (broad SMARTS) is 2. The molecular formula is C28H37N5O8S. The van der Waals surface area contributed by atoms with Crippen molar-refractivity contribution in [2.75, 3.05) is 25.2 Å². The van der Waals surface area contributed by atoms with E-state index in [1.807, 2.05) is 48.5 Å². The number of nitrogens with one attached hydrogen (secondary N) is 1. The molecule has 13 nitrogen and oxygen atoms in total. The van der Waals surface area contributed by atoms with Crippen LogP contribution in [0.1, 0.15) is 24.0 Å². The number of aliphatic carboxylic acids is 2. The van der Waals surface area contributed by atoms with Gasteiger partial charge >= 0.3 is 22.1 Å². The average Bonchev–Trinajstić information content (AvgIpc) is 2.92. The Morgan fingerprint density at radius 2 is 1.57 bits per heavy atom. The molecular weight excluding hydrogens is 566 g/mol. The van der Waals surface area contributed by atoms with Crippen molar-refractivity contribution >= 4 is 44.5 Å². The molecule has 0 aliphatic rings. The summed E-state index contributed by atoms with van der Waals surface area (Å²) in [6.45, 7) is 1.02. The minimum atomic E-state index is -3.56. The maximum Gasteiger partial charge on any atom is 0.333 e. The highest BCUT2D eigenvalue weighted by molar-refractivity contribution is 7.86. The van der Waals surface area contributed by atoms with Crippen molar-refractivity contribution in [3.05, 3.63) is 71.8 Å². The molecule has 0 aromatic heterocycles. The maximum absolute atomic E-state index is 11.3. The zero-order valence-corrected chi connectivity index (χ0v) is 24.2. The van der Waals surface area contributed by atoms with Gasteiger partial charge in [-0.25, -0.2) is 4.79 Å². The molecule has 3 rings (SSSR count). The van der Waals surface area contributed by atoms with Crippen molar-refractivity contribution in [1.82, 2.24) is 0 Å². The fourth-order valence-corrected chi connectivity index (χ4v) is 4.15. The first-order chi connectivity index (χ1) is 19.8.